The fourth-order valence-electron chi connectivity index (χ4n) is 1.54. The van der Waals surface area contributed by atoms with Gasteiger partial charge in [0.1, 0.15) is 0 Å². The summed E-state index contributed by atoms with van der Waals surface area (Å²) < 4.78 is 0. The standard InChI is InChI=1S/C8H15NO2/c1-9-8(11)6-2-4-7(10)5-3-6/h6-7,10H,2-5H2,1H3,(H,9,11). The highest BCUT2D eigenvalue weighted by molar-refractivity contribution is 5.78. The number of aliphatic hydroxyl groups is 1. The molecule has 0 aliphatic heterocycles. The van der Waals surface area contributed by atoms with Crippen molar-refractivity contribution in [2.45, 2.75) is 31.8 Å². The van der Waals surface area contributed by atoms with Gasteiger partial charge in [-0.15, -0.1) is 0 Å². The van der Waals surface area contributed by atoms with E-state index in [0.29, 0.717) is 0 Å². The predicted molar refractivity (Wildman–Crippen MR) is 42.0 cm³/mol. The van der Waals surface area contributed by atoms with Gasteiger partial charge in [0.05, 0.1) is 6.10 Å². The largest absolute Gasteiger partial charge is 0.393 e. The maximum absolute atomic E-state index is 11.1. The molecule has 0 bridgehead atoms. The molecule has 0 spiro atoms. The highest BCUT2D eigenvalue weighted by Crippen LogP contribution is 2.23. The van der Waals surface area contributed by atoms with Gasteiger partial charge in [0, 0.05) is 13.0 Å². The van der Waals surface area contributed by atoms with Crippen LogP contribution < -0.4 is 5.32 Å². The lowest BCUT2D eigenvalue weighted by molar-refractivity contribution is -0.126. The zero-order valence-electron chi connectivity index (χ0n) is 6.84. The molecule has 1 saturated carbocycles. The molecule has 0 aromatic heterocycles. The number of amides is 1. The molecule has 2 N–H and O–H groups in total. The maximum Gasteiger partial charge on any atom is 0.222 e. The van der Waals surface area contributed by atoms with Crippen molar-refractivity contribution in [2.24, 2.45) is 5.92 Å². The summed E-state index contributed by atoms with van der Waals surface area (Å²) in [6.07, 6.45) is 3.05. The summed E-state index contributed by atoms with van der Waals surface area (Å²) in [5, 5.41) is 11.8. The van der Waals surface area contributed by atoms with Crippen LogP contribution in [0.25, 0.3) is 0 Å². The van der Waals surface area contributed by atoms with E-state index in [2.05, 4.69) is 5.32 Å². The van der Waals surface area contributed by atoms with Crippen molar-refractivity contribution >= 4 is 5.91 Å². The lowest BCUT2D eigenvalue weighted by atomic mass is 9.87. The van der Waals surface area contributed by atoms with Gasteiger partial charge in [0.15, 0.2) is 0 Å². The van der Waals surface area contributed by atoms with E-state index >= 15 is 0 Å². The first kappa shape index (κ1) is 8.53. The van der Waals surface area contributed by atoms with Crippen molar-refractivity contribution in [1.82, 2.24) is 5.32 Å². The summed E-state index contributed by atoms with van der Waals surface area (Å²) in [5.41, 5.74) is 0. The van der Waals surface area contributed by atoms with Crippen LogP contribution in [-0.2, 0) is 4.79 Å². The maximum atomic E-state index is 11.1. The van der Waals surface area contributed by atoms with Gasteiger partial charge in [-0.3, -0.25) is 4.79 Å². The smallest absolute Gasteiger partial charge is 0.222 e. The van der Waals surface area contributed by atoms with Gasteiger partial charge in [-0.1, -0.05) is 0 Å². The molecular formula is C8H15NO2. The van der Waals surface area contributed by atoms with Crippen molar-refractivity contribution in [1.29, 1.82) is 0 Å². The lowest BCUT2D eigenvalue weighted by Crippen LogP contribution is -2.31. The molecule has 1 aliphatic rings. The highest BCUT2D eigenvalue weighted by Gasteiger charge is 2.23. The molecule has 1 aliphatic carbocycles. The van der Waals surface area contributed by atoms with Crippen LogP contribution in [-0.4, -0.2) is 24.2 Å². The molecule has 0 radical (unpaired) electrons. The van der Waals surface area contributed by atoms with E-state index in [-0.39, 0.29) is 17.9 Å². The number of rotatable bonds is 1. The predicted octanol–water partition coefficient (Wildman–Crippen LogP) is 0.283. The van der Waals surface area contributed by atoms with Crippen LogP contribution in [0.1, 0.15) is 25.7 Å². The van der Waals surface area contributed by atoms with E-state index < -0.39 is 0 Å². The van der Waals surface area contributed by atoms with Crippen LogP contribution >= 0.6 is 0 Å². The number of hydrogen-bond acceptors (Lipinski definition) is 2. The van der Waals surface area contributed by atoms with E-state index in [4.69, 9.17) is 5.11 Å². The normalized spacial score (nSPS) is 31.5. The molecule has 64 valence electrons. The van der Waals surface area contributed by atoms with Gasteiger partial charge in [-0.2, -0.15) is 0 Å². The average molecular weight is 157 g/mol. The Balaban J connectivity index is 2.33. The van der Waals surface area contributed by atoms with Gasteiger partial charge in [-0.05, 0) is 25.7 Å². The van der Waals surface area contributed by atoms with Crippen molar-refractivity contribution < 1.29 is 9.90 Å². The molecule has 1 rings (SSSR count). The molecule has 0 heterocycles. The minimum atomic E-state index is -0.170. The van der Waals surface area contributed by atoms with Crippen LogP contribution in [0, 0.1) is 5.92 Å². The summed E-state index contributed by atoms with van der Waals surface area (Å²) in [5.74, 6) is 0.264. The van der Waals surface area contributed by atoms with Crippen LogP contribution in [0.5, 0.6) is 0 Å². The third-order valence-electron chi connectivity index (χ3n) is 2.31. The fourth-order valence-corrected chi connectivity index (χ4v) is 1.54. The topological polar surface area (TPSA) is 49.3 Å². The summed E-state index contributed by atoms with van der Waals surface area (Å²) in [6.45, 7) is 0. The van der Waals surface area contributed by atoms with E-state index in [9.17, 15) is 4.79 Å². The molecule has 3 nitrogen and oxygen atoms in total. The zero-order chi connectivity index (χ0) is 8.27. The second kappa shape index (κ2) is 3.72. The Labute approximate surface area is 66.8 Å². The summed E-state index contributed by atoms with van der Waals surface area (Å²) >= 11 is 0. The molecule has 0 saturated heterocycles. The van der Waals surface area contributed by atoms with Crippen molar-refractivity contribution in [3.8, 4) is 0 Å². The molecule has 0 unspecified atom stereocenters. The Hall–Kier alpha value is -0.570. The van der Waals surface area contributed by atoms with Gasteiger partial charge >= 0.3 is 0 Å². The molecule has 1 amide bonds. The van der Waals surface area contributed by atoms with Crippen LogP contribution in [0.4, 0.5) is 0 Å². The summed E-state index contributed by atoms with van der Waals surface area (Å²) in [4.78, 5) is 11.1. The molecule has 1 fully saturated rings. The molecule has 0 aromatic carbocycles. The van der Waals surface area contributed by atoms with Crippen molar-refractivity contribution in [2.75, 3.05) is 7.05 Å². The first-order valence-corrected chi connectivity index (χ1v) is 4.13. The van der Waals surface area contributed by atoms with E-state index in [1.807, 2.05) is 0 Å². The number of aliphatic hydroxyl groups excluding tert-OH is 1. The average Bonchev–Trinajstić information content (AvgIpc) is 2.05. The fraction of sp³-hybridized carbons (Fsp3) is 0.875. The minimum absolute atomic E-state index is 0.122. The number of carbonyl (C=O) groups is 1. The van der Waals surface area contributed by atoms with E-state index in [1.165, 1.54) is 0 Å². The third-order valence-corrected chi connectivity index (χ3v) is 2.31. The zero-order valence-corrected chi connectivity index (χ0v) is 6.84. The van der Waals surface area contributed by atoms with Crippen LogP contribution in [0.15, 0.2) is 0 Å². The highest BCUT2D eigenvalue weighted by atomic mass is 16.3. The Morgan fingerprint density at radius 2 is 1.91 bits per heavy atom. The monoisotopic (exact) mass is 157 g/mol. The number of carbonyl (C=O) groups excluding carboxylic acids is 1. The van der Waals surface area contributed by atoms with Crippen molar-refractivity contribution in [3.63, 3.8) is 0 Å². The second-order valence-electron chi connectivity index (χ2n) is 3.12. The van der Waals surface area contributed by atoms with E-state index in [0.717, 1.165) is 25.7 Å². The molecule has 3 heteroatoms. The van der Waals surface area contributed by atoms with Gasteiger partial charge in [-0.25, -0.2) is 0 Å². The molecule has 0 aromatic rings. The Kier molecular flexibility index (Phi) is 2.88. The van der Waals surface area contributed by atoms with Gasteiger partial charge < -0.3 is 10.4 Å². The first-order chi connectivity index (χ1) is 5.24. The van der Waals surface area contributed by atoms with E-state index in [1.54, 1.807) is 7.05 Å². The van der Waals surface area contributed by atoms with Crippen LogP contribution in [0.2, 0.25) is 0 Å². The Bertz CT molecular complexity index is 139. The second-order valence-corrected chi connectivity index (χ2v) is 3.12. The Morgan fingerprint density at radius 1 is 1.36 bits per heavy atom. The summed E-state index contributed by atoms with van der Waals surface area (Å²) in [6, 6.07) is 0. The lowest BCUT2D eigenvalue weighted by Gasteiger charge is -2.23. The Morgan fingerprint density at radius 3 is 2.36 bits per heavy atom. The minimum Gasteiger partial charge on any atom is -0.393 e. The SMILES string of the molecule is CNC(=O)C1CCC(O)CC1. The molecular weight excluding hydrogens is 142 g/mol. The first-order valence-electron chi connectivity index (χ1n) is 4.13. The van der Waals surface area contributed by atoms with Crippen LogP contribution in [0.3, 0.4) is 0 Å². The van der Waals surface area contributed by atoms with Gasteiger partial charge in [0.2, 0.25) is 5.91 Å². The molecule has 11 heavy (non-hydrogen) atoms. The van der Waals surface area contributed by atoms with Crippen molar-refractivity contribution in [3.05, 3.63) is 0 Å². The molecule has 0 atom stereocenters. The number of nitrogens with one attached hydrogen (secondary N) is 1. The van der Waals surface area contributed by atoms with Gasteiger partial charge in [0.25, 0.3) is 0 Å². The quantitative estimate of drug-likeness (QED) is 0.574. The summed E-state index contributed by atoms with van der Waals surface area (Å²) in [7, 11) is 1.66. The third kappa shape index (κ3) is 2.19. The number of hydrogen-bond donors (Lipinski definition) is 2.